The number of halogens is 6. The van der Waals surface area contributed by atoms with Crippen LogP contribution in [0, 0.1) is 5.92 Å². The van der Waals surface area contributed by atoms with Gasteiger partial charge in [-0.25, -0.2) is 4.79 Å². The second kappa shape index (κ2) is 8.41. The first-order valence-electron chi connectivity index (χ1n) is 9.90. The van der Waals surface area contributed by atoms with Crippen LogP contribution in [0.1, 0.15) is 30.5 Å². The van der Waals surface area contributed by atoms with Gasteiger partial charge in [0.1, 0.15) is 18.8 Å². The average Bonchev–Trinajstić information content (AvgIpc) is 2.71. The number of fused-ring (bicyclic) bond motifs is 1. The first-order chi connectivity index (χ1) is 15.1. The fraction of sp³-hybridized carbons (Fsp3) is 0.550. The van der Waals surface area contributed by atoms with Gasteiger partial charge in [0.05, 0.1) is 23.6 Å². The first-order valence-corrected chi connectivity index (χ1v) is 9.90. The molecule has 182 valence electrons. The van der Waals surface area contributed by atoms with Crippen molar-refractivity contribution in [2.75, 3.05) is 20.1 Å². The minimum absolute atomic E-state index is 0.0154. The van der Waals surface area contributed by atoms with Gasteiger partial charge in [0.2, 0.25) is 11.8 Å². The van der Waals surface area contributed by atoms with Crippen molar-refractivity contribution in [2.24, 2.45) is 5.92 Å². The lowest BCUT2D eigenvalue weighted by Gasteiger charge is -2.51. The van der Waals surface area contributed by atoms with Crippen molar-refractivity contribution in [3.05, 3.63) is 34.9 Å². The molecule has 0 unspecified atom stereocenters. The van der Waals surface area contributed by atoms with Crippen LogP contribution in [-0.2, 0) is 33.3 Å². The summed E-state index contributed by atoms with van der Waals surface area (Å²) in [6.45, 7) is 2.10. The predicted molar refractivity (Wildman–Crippen MR) is 100 cm³/mol. The molecule has 0 aromatic heterocycles. The van der Waals surface area contributed by atoms with E-state index in [1.807, 2.05) is 0 Å². The number of piperazine rings is 1. The molecule has 2 aliphatic rings. The third-order valence-corrected chi connectivity index (χ3v) is 5.66. The topological polar surface area (TPSA) is 70.2 Å². The second-order valence-electron chi connectivity index (χ2n) is 8.14. The van der Waals surface area contributed by atoms with Crippen molar-refractivity contribution in [1.29, 1.82) is 0 Å². The van der Waals surface area contributed by atoms with Crippen LogP contribution in [0.2, 0.25) is 0 Å². The Balaban J connectivity index is 1.83. The monoisotopic (exact) mass is 481 g/mol. The Bertz CT molecular complexity index is 932. The van der Waals surface area contributed by atoms with Gasteiger partial charge in [-0.15, -0.1) is 0 Å². The van der Waals surface area contributed by atoms with E-state index >= 15 is 0 Å². The molecular formula is C20H21F6N3O4. The number of benzene rings is 1. The van der Waals surface area contributed by atoms with Crippen molar-refractivity contribution >= 4 is 17.9 Å². The number of carbonyl (C=O) groups is 3. The van der Waals surface area contributed by atoms with Crippen LogP contribution in [0.4, 0.5) is 31.1 Å². The summed E-state index contributed by atoms with van der Waals surface area (Å²) >= 11 is 0. The highest BCUT2D eigenvalue weighted by Gasteiger charge is 2.49. The van der Waals surface area contributed by atoms with E-state index < -0.39 is 59.9 Å². The number of ether oxygens (including phenoxy) is 1. The Morgan fingerprint density at radius 1 is 0.970 bits per heavy atom. The standard InChI is InChI=1S/C20H21F6N3O4/c1-10-7-28(15-8-27(3)17(31)11(2)29(15)16(10)30)18(32)33-9-12-4-13(19(21,22)23)6-14(5-12)20(24,25)26/h4-6,10-11,15H,7-9H2,1-3H3/t10-,11-,15+/m0/s1. The number of amides is 3. The molecule has 0 spiro atoms. The van der Waals surface area contributed by atoms with E-state index in [9.17, 15) is 40.7 Å². The maximum absolute atomic E-state index is 13.0. The van der Waals surface area contributed by atoms with E-state index in [1.165, 1.54) is 30.7 Å². The summed E-state index contributed by atoms with van der Waals surface area (Å²) in [7, 11) is 1.49. The lowest BCUT2D eigenvalue weighted by molar-refractivity contribution is -0.169. The molecule has 7 nitrogen and oxygen atoms in total. The van der Waals surface area contributed by atoms with Crippen LogP contribution >= 0.6 is 0 Å². The van der Waals surface area contributed by atoms with Gasteiger partial charge >= 0.3 is 18.4 Å². The Kier molecular flexibility index (Phi) is 6.28. The van der Waals surface area contributed by atoms with E-state index in [4.69, 9.17) is 4.74 Å². The zero-order valence-corrected chi connectivity index (χ0v) is 17.8. The molecule has 2 saturated heterocycles. The van der Waals surface area contributed by atoms with E-state index in [-0.39, 0.29) is 31.0 Å². The van der Waals surface area contributed by atoms with Gasteiger partial charge in [-0.05, 0) is 30.7 Å². The highest BCUT2D eigenvalue weighted by atomic mass is 19.4. The predicted octanol–water partition coefficient (Wildman–Crippen LogP) is 3.33. The van der Waals surface area contributed by atoms with Gasteiger partial charge in [0.15, 0.2) is 0 Å². The summed E-state index contributed by atoms with van der Waals surface area (Å²) < 4.78 is 83.3. The summed E-state index contributed by atoms with van der Waals surface area (Å²) in [5, 5.41) is 0. The Hall–Kier alpha value is -2.99. The molecule has 3 atom stereocenters. The number of likely N-dealkylation sites (N-methyl/N-ethyl adjacent to an activating group) is 1. The molecule has 2 aliphatic heterocycles. The van der Waals surface area contributed by atoms with Crippen molar-refractivity contribution < 1.29 is 45.5 Å². The molecule has 3 rings (SSSR count). The molecule has 0 saturated carbocycles. The van der Waals surface area contributed by atoms with E-state index in [1.54, 1.807) is 0 Å². The fourth-order valence-electron chi connectivity index (χ4n) is 3.98. The Morgan fingerprint density at radius 3 is 2.03 bits per heavy atom. The van der Waals surface area contributed by atoms with Gasteiger partial charge in [0, 0.05) is 13.6 Å². The molecule has 2 fully saturated rings. The number of hydrogen-bond donors (Lipinski definition) is 0. The quantitative estimate of drug-likeness (QED) is 0.608. The summed E-state index contributed by atoms with van der Waals surface area (Å²) in [6, 6.07) is 0.0906. The summed E-state index contributed by atoms with van der Waals surface area (Å²) in [6.07, 6.45) is -12.0. The number of rotatable bonds is 2. The zero-order valence-electron chi connectivity index (χ0n) is 17.8. The molecule has 33 heavy (non-hydrogen) atoms. The van der Waals surface area contributed by atoms with Gasteiger partial charge in [-0.1, -0.05) is 6.92 Å². The summed E-state index contributed by atoms with van der Waals surface area (Å²) in [4.78, 5) is 41.4. The van der Waals surface area contributed by atoms with Gasteiger partial charge in [-0.3, -0.25) is 14.5 Å². The summed E-state index contributed by atoms with van der Waals surface area (Å²) in [5.41, 5.74) is -3.53. The first kappa shape index (κ1) is 24.6. The number of hydrogen-bond acceptors (Lipinski definition) is 4. The highest BCUT2D eigenvalue weighted by Crippen LogP contribution is 2.36. The van der Waals surface area contributed by atoms with Crippen LogP contribution in [0.5, 0.6) is 0 Å². The number of carbonyl (C=O) groups excluding carboxylic acids is 3. The SMILES string of the molecule is C[C@H]1CN(C(=O)OCc2cc(C(F)(F)F)cc(C(F)(F)F)c2)[C@H]2CN(C)C(=O)[C@H](C)N2C1=O. The van der Waals surface area contributed by atoms with E-state index in [0.29, 0.717) is 12.1 Å². The second-order valence-corrected chi connectivity index (χ2v) is 8.14. The molecule has 0 radical (unpaired) electrons. The van der Waals surface area contributed by atoms with Gasteiger partial charge in [0.25, 0.3) is 0 Å². The molecule has 3 amide bonds. The lowest BCUT2D eigenvalue weighted by atomic mass is 10.00. The number of nitrogens with zero attached hydrogens (tertiary/aromatic N) is 3. The fourth-order valence-corrected chi connectivity index (χ4v) is 3.98. The van der Waals surface area contributed by atoms with Crippen molar-refractivity contribution in [2.45, 2.75) is 45.0 Å². The van der Waals surface area contributed by atoms with E-state index in [0.717, 1.165) is 4.90 Å². The maximum Gasteiger partial charge on any atom is 0.416 e. The van der Waals surface area contributed by atoms with Crippen LogP contribution in [0.3, 0.4) is 0 Å². The third kappa shape index (κ3) is 4.86. The molecule has 2 heterocycles. The highest BCUT2D eigenvalue weighted by molar-refractivity contribution is 5.91. The number of alkyl halides is 6. The van der Waals surface area contributed by atoms with Crippen LogP contribution in [0.15, 0.2) is 18.2 Å². The van der Waals surface area contributed by atoms with Crippen molar-refractivity contribution in [3.8, 4) is 0 Å². The minimum Gasteiger partial charge on any atom is -0.444 e. The van der Waals surface area contributed by atoms with Gasteiger partial charge in [-0.2, -0.15) is 26.3 Å². The normalized spacial score (nSPS) is 24.2. The molecule has 13 heteroatoms. The Labute approximate surface area is 184 Å². The molecule has 1 aromatic carbocycles. The van der Waals surface area contributed by atoms with Gasteiger partial charge < -0.3 is 14.5 Å². The average molecular weight is 481 g/mol. The summed E-state index contributed by atoms with van der Waals surface area (Å²) in [5.74, 6) is -1.35. The largest absolute Gasteiger partial charge is 0.444 e. The smallest absolute Gasteiger partial charge is 0.416 e. The van der Waals surface area contributed by atoms with Crippen LogP contribution < -0.4 is 0 Å². The van der Waals surface area contributed by atoms with Crippen LogP contribution in [-0.4, -0.2) is 65.0 Å². The molecule has 0 bridgehead atoms. The minimum atomic E-state index is -5.03. The molecule has 0 N–H and O–H groups in total. The van der Waals surface area contributed by atoms with Crippen molar-refractivity contribution in [3.63, 3.8) is 0 Å². The molecule has 0 aliphatic carbocycles. The van der Waals surface area contributed by atoms with E-state index in [2.05, 4.69) is 0 Å². The van der Waals surface area contributed by atoms with Crippen molar-refractivity contribution in [1.82, 2.24) is 14.7 Å². The van der Waals surface area contributed by atoms with Crippen LogP contribution in [0.25, 0.3) is 0 Å². The maximum atomic E-state index is 13.0. The zero-order chi connectivity index (χ0) is 24.9. The lowest BCUT2D eigenvalue weighted by Crippen LogP contribution is -2.71. The Morgan fingerprint density at radius 2 is 1.52 bits per heavy atom. The third-order valence-electron chi connectivity index (χ3n) is 5.66. The molecular weight excluding hydrogens is 460 g/mol. The molecule has 1 aromatic rings.